The van der Waals surface area contributed by atoms with Crippen molar-refractivity contribution in [3.63, 3.8) is 0 Å². The highest BCUT2D eigenvalue weighted by atomic mass is 16.5. The van der Waals surface area contributed by atoms with Crippen LogP contribution >= 0.6 is 0 Å². The molecule has 0 unspecified atom stereocenters. The third-order valence-corrected chi connectivity index (χ3v) is 4.92. The zero-order chi connectivity index (χ0) is 17.5. The van der Waals surface area contributed by atoms with Crippen molar-refractivity contribution in [2.45, 2.75) is 25.0 Å². The molecule has 1 aromatic carbocycles. The number of likely N-dealkylation sites (tertiary alicyclic amines) is 1. The summed E-state index contributed by atoms with van der Waals surface area (Å²) in [5, 5.41) is 0. The number of carbonyl (C=O) groups excluding carboxylic acids is 1. The largest absolute Gasteiger partial charge is 0.382 e. The minimum Gasteiger partial charge on any atom is -0.382 e. The van der Waals surface area contributed by atoms with Gasteiger partial charge in [0, 0.05) is 26.7 Å². The summed E-state index contributed by atoms with van der Waals surface area (Å²) in [7, 11) is 1.67. The molecule has 3 rings (SSSR count). The average Bonchev–Trinajstić information content (AvgIpc) is 3.05. The van der Waals surface area contributed by atoms with Gasteiger partial charge >= 0.3 is 6.03 Å². The molecule has 6 nitrogen and oxygen atoms in total. The van der Waals surface area contributed by atoms with Crippen LogP contribution in [0.2, 0.25) is 0 Å². The van der Waals surface area contributed by atoms with E-state index in [1.807, 2.05) is 28.0 Å². The van der Waals surface area contributed by atoms with Crippen molar-refractivity contribution in [3.8, 4) is 0 Å². The maximum Gasteiger partial charge on any atom is 0.320 e. The van der Waals surface area contributed by atoms with Gasteiger partial charge in [-0.15, -0.1) is 0 Å². The molecule has 2 aliphatic heterocycles. The Labute approximate surface area is 149 Å². The summed E-state index contributed by atoms with van der Waals surface area (Å²) >= 11 is 0. The summed E-state index contributed by atoms with van der Waals surface area (Å²) in [6.07, 6.45) is 1.74. The molecule has 6 heteroatoms. The Morgan fingerprint density at radius 1 is 1.16 bits per heavy atom. The van der Waals surface area contributed by atoms with Crippen LogP contribution in [0.5, 0.6) is 0 Å². The normalized spacial score (nSPS) is 23.9. The molecule has 2 atom stereocenters. The maximum absolute atomic E-state index is 13.0. The maximum atomic E-state index is 13.0. The lowest BCUT2D eigenvalue weighted by molar-refractivity contribution is -0.00135. The first-order chi connectivity index (χ1) is 12.3. The third kappa shape index (κ3) is 4.71. The highest BCUT2D eigenvalue weighted by Crippen LogP contribution is 2.26. The number of ether oxygens (including phenoxy) is 3. The molecule has 2 saturated heterocycles. The van der Waals surface area contributed by atoms with Crippen molar-refractivity contribution in [2.75, 3.05) is 53.2 Å². The topological polar surface area (TPSA) is 51.2 Å². The van der Waals surface area contributed by atoms with Gasteiger partial charge in [-0.25, -0.2) is 4.79 Å². The fraction of sp³-hybridized carbons (Fsp3) is 0.632. The summed E-state index contributed by atoms with van der Waals surface area (Å²) in [4.78, 5) is 16.9. The van der Waals surface area contributed by atoms with Gasteiger partial charge in [0.1, 0.15) is 0 Å². The molecule has 2 aliphatic rings. The van der Waals surface area contributed by atoms with E-state index in [0.717, 1.165) is 19.4 Å². The summed E-state index contributed by atoms with van der Waals surface area (Å²) in [5.41, 5.74) is 1.23. The van der Waals surface area contributed by atoms with Crippen LogP contribution in [-0.4, -0.2) is 81.1 Å². The molecule has 0 aliphatic carbocycles. The SMILES string of the molecule is COCCO[C@@H]1CCN(C(=O)N2CCOCC2)[C@H]1Cc1ccccc1. The van der Waals surface area contributed by atoms with Crippen molar-refractivity contribution >= 4 is 6.03 Å². The molecule has 0 aromatic heterocycles. The minimum absolute atomic E-state index is 0.0559. The number of methoxy groups -OCH3 is 1. The number of carbonyl (C=O) groups is 1. The lowest BCUT2D eigenvalue weighted by Crippen LogP contribution is -2.51. The first-order valence-electron chi connectivity index (χ1n) is 9.07. The van der Waals surface area contributed by atoms with E-state index in [9.17, 15) is 4.79 Å². The summed E-state index contributed by atoms with van der Waals surface area (Å²) < 4.78 is 16.5. The number of hydrogen-bond acceptors (Lipinski definition) is 4. The lowest BCUT2D eigenvalue weighted by Gasteiger charge is -2.35. The molecule has 2 heterocycles. The molecule has 2 fully saturated rings. The Bertz CT molecular complexity index is 533. The van der Waals surface area contributed by atoms with Crippen molar-refractivity contribution in [2.24, 2.45) is 0 Å². The van der Waals surface area contributed by atoms with Crippen molar-refractivity contribution in [1.29, 1.82) is 0 Å². The third-order valence-electron chi connectivity index (χ3n) is 4.92. The molecule has 0 radical (unpaired) electrons. The van der Waals surface area contributed by atoms with Gasteiger partial charge in [0.25, 0.3) is 0 Å². The van der Waals surface area contributed by atoms with E-state index in [-0.39, 0.29) is 18.2 Å². The smallest absolute Gasteiger partial charge is 0.320 e. The predicted octanol–water partition coefficient (Wildman–Crippen LogP) is 1.79. The second kappa shape index (κ2) is 9.17. The Morgan fingerprint density at radius 2 is 1.92 bits per heavy atom. The van der Waals surface area contributed by atoms with Gasteiger partial charge in [-0.3, -0.25) is 0 Å². The zero-order valence-corrected chi connectivity index (χ0v) is 14.9. The van der Waals surface area contributed by atoms with Crippen molar-refractivity contribution in [1.82, 2.24) is 9.80 Å². The van der Waals surface area contributed by atoms with E-state index in [2.05, 4.69) is 12.1 Å². The Morgan fingerprint density at radius 3 is 2.64 bits per heavy atom. The Hall–Kier alpha value is -1.63. The monoisotopic (exact) mass is 348 g/mol. The average molecular weight is 348 g/mol. The van der Waals surface area contributed by atoms with Crippen LogP contribution in [0.1, 0.15) is 12.0 Å². The molecular weight excluding hydrogens is 320 g/mol. The van der Waals surface area contributed by atoms with E-state index in [1.54, 1.807) is 7.11 Å². The van der Waals surface area contributed by atoms with Gasteiger partial charge in [-0.1, -0.05) is 30.3 Å². The van der Waals surface area contributed by atoms with Gasteiger partial charge in [0.05, 0.1) is 38.6 Å². The molecule has 2 amide bonds. The van der Waals surface area contributed by atoms with Crippen LogP contribution in [0.15, 0.2) is 30.3 Å². The van der Waals surface area contributed by atoms with Gasteiger partial charge in [0.15, 0.2) is 0 Å². The van der Waals surface area contributed by atoms with E-state index in [4.69, 9.17) is 14.2 Å². The second-order valence-corrected chi connectivity index (χ2v) is 6.52. The Kier molecular flexibility index (Phi) is 6.67. The van der Waals surface area contributed by atoms with E-state index in [0.29, 0.717) is 39.5 Å². The number of hydrogen-bond donors (Lipinski definition) is 0. The zero-order valence-electron chi connectivity index (χ0n) is 14.9. The molecule has 1 aromatic rings. The lowest BCUT2D eigenvalue weighted by atomic mass is 10.0. The van der Waals surface area contributed by atoms with E-state index >= 15 is 0 Å². The molecule has 0 spiro atoms. The standard InChI is InChI=1S/C19H28N2O4/c1-23-13-14-25-18-7-8-21(19(22)20-9-11-24-12-10-20)17(18)15-16-5-3-2-4-6-16/h2-6,17-18H,7-15H2,1H3/t17-,18+/m0/s1. The number of benzene rings is 1. The summed E-state index contributed by atoms with van der Waals surface area (Å²) in [6.45, 7) is 4.46. The van der Waals surface area contributed by atoms with Gasteiger partial charge in [-0.2, -0.15) is 0 Å². The Balaban J connectivity index is 1.69. The number of morpholine rings is 1. The number of nitrogens with zero attached hydrogens (tertiary/aromatic N) is 2. The highest BCUT2D eigenvalue weighted by Gasteiger charge is 2.39. The van der Waals surface area contributed by atoms with Crippen LogP contribution in [0.4, 0.5) is 4.79 Å². The van der Waals surface area contributed by atoms with Crippen molar-refractivity contribution in [3.05, 3.63) is 35.9 Å². The number of rotatable bonds is 6. The molecule has 0 N–H and O–H groups in total. The van der Waals surface area contributed by atoms with Gasteiger partial charge in [0.2, 0.25) is 0 Å². The molecule has 0 bridgehead atoms. The molecular formula is C19H28N2O4. The molecule has 0 saturated carbocycles. The summed E-state index contributed by atoms with van der Waals surface area (Å²) in [6, 6.07) is 10.5. The van der Waals surface area contributed by atoms with E-state index in [1.165, 1.54) is 5.56 Å². The number of amides is 2. The first-order valence-corrected chi connectivity index (χ1v) is 9.07. The fourth-order valence-corrected chi connectivity index (χ4v) is 3.57. The first kappa shape index (κ1) is 18.2. The van der Waals surface area contributed by atoms with Gasteiger partial charge < -0.3 is 24.0 Å². The second-order valence-electron chi connectivity index (χ2n) is 6.52. The molecule has 138 valence electrons. The van der Waals surface area contributed by atoms with Crippen LogP contribution in [0.3, 0.4) is 0 Å². The van der Waals surface area contributed by atoms with Crippen molar-refractivity contribution < 1.29 is 19.0 Å². The number of urea groups is 1. The highest BCUT2D eigenvalue weighted by molar-refractivity contribution is 5.75. The van der Waals surface area contributed by atoms with Crippen LogP contribution in [0, 0.1) is 0 Å². The quantitative estimate of drug-likeness (QED) is 0.736. The summed E-state index contributed by atoms with van der Waals surface area (Å²) in [5.74, 6) is 0. The van der Waals surface area contributed by atoms with Crippen LogP contribution in [0.25, 0.3) is 0 Å². The van der Waals surface area contributed by atoms with Crippen LogP contribution < -0.4 is 0 Å². The minimum atomic E-state index is 0.0559. The molecule has 25 heavy (non-hydrogen) atoms. The predicted molar refractivity (Wildman–Crippen MR) is 94.7 cm³/mol. The fourth-order valence-electron chi connectivity index (χ4n) is 3.57. The van der Waals surface area contributed by atoms with Gasteiger partial charge in [-0.05, 0) is 18.4 Å². The van der Waals surface area contributed by atoms with E-state index < -0.39 is 0 Å². The van der Waals surface area contributed by atoms with Crippen LogP contribution in [-0.2, 0) is 20.6 Å².